The lowest BCUT2D eigenvalue weighted by molar-refractivity contribution is -0.136. The Bertz CT molecular complexity index is 592. The molecule has 2 saturated heterocycles. The molecule has 124 valence electrons. The van der Waals surface area contributed by atoms with E-state index in [9.17, 15) is 9.59 Å². The number of nitrogens with one attached hydrogen (secondary N) is 1. The minimum Gasteiger partial charge on any atom is -0.477 e. The molecule has 23 heavy (non-hydrogen) atoms. The van der Waals surface area contributed by atoms with E-state index in [-0.39, 0.29) is 30.6 Å². The second-order valence-corrected chi connectivity index (χ2v) is 5.68. The van der Waals surface area contributed by atoms with Crippen LogP contribution in [0.15, 0.2) is 18.3 Å². The van der Waals surface area contributed by atoms with Crippen LogP contribution in [0, 0.1) is 0 Å². The third-order valence-corrected chi connectivity index (χ3v) is 4.19. The molecule has 2 fully saturated rings. The summed E-state index contributed by atoms with van der Waals surface area (Å²) in [6.45, 7) is 3.59. The molecule has 1 aromatic rings. The molecule has 3 rings (SSSR count). The maximum absolute atomic E-state index is 12.8. The van der Waals surface area contributed by atoms with Crippen LogP contribution in [0.4, 0.5) is 0 Å². The highest BCUT2D eigenvalue weighted by molar-refractivity contribution is 5.96. The summed E-state index contributed by atoms with van der Waals surface area (Å²) in [4.78, 5) is 30.2. The van der Waals surface area contributed by atoms with Crippen LogP contribution in [-0.4, -0.2) is 60.1 Å². The largest absolute Gasteiger partial charge is 0.477 e. The highest BCUT2D eigenvalue weighted by atomic mass is 16.5. The van der Waals surface area contributed by atoms with Crippen LogP contribution in [0.5, 0.6) is 5.88 Å². The molecule has 0 aliphatic carbocycles. The van der Waals surface area contributed by atoms with Gasteiger partial charge >= 0.3 is 0 Å². The summed E-state index contributed by atoms with van der Waals surface area (Å²) in [5.41, 5.74) is 0.476. The Morgan fingerprint density at radius 3 is 3.13 bits per heavy atom. The lowest BCUT2D eigenvalue weighted by Crippen LogP contribution is -2.51. The fourth-order valence-corrected chi connectivity index (χ4v) is 3.05. The van der Waals surface area contributed by atoms with E-state index in [1.165, 1.54) is 0 Å². The Labute approximate surface area is 135 Å². The second-order valence-electron chi connectivity index (χ2n) is 5.68. The predicted molar refractivity (Wildman–Crippen MR) is 82.2 cm³/mol. The molecule has 1 aromatic heterocycles. The standard InChI is InChI=1S/C16H21N3O4/c1-2-22-15-11(4-3-7-17-15)16(21)19-8-5-12-13(6-9-19)23-10-14(20)18-12/h3-4,7,12-13H,2,5-6,8-10H2,1H3,(H,18,20)/t12-,13-/m0/s1. The van der Waals surface area contributed by atoms with Crippen LogP contribution in [0.2, 0.25) is 0 Å². The smallest absolute Gasteiger partial charge is 0.259 e. The Hall–Kier alpha value is -2.15. The summed E-state index contributed by atoms with van der Waals surface area (Å²) in [5.74, 6) is 0.189. The summed E-state index contributed by atoms with van der Waals surface area (Å²) in [5, 5.41) is 2.95. The number of likely N-dealkylation sites (tertiary alicyclic amines) is 1. The lowest BCUT2D eigenvalue weighted by Gasteiger charge is -2.30. The number of amides is 2. The van der Waals surface area contributed by atoms with Crippen molar-refractivity contribution in [1.82, 2.24) is 15.2 Å². The number of rotatable bonds is 3. The van der Waals surface area contributed by atoms with Gasteiger partial charge in [-0.15, -0.1) is 0 Å². The Morgan fingerprint density at radius 1 is 1.48 bits per heavy atom. The molecule has 0 saturated carbocycles. The molecule has 0 radical (unpaired) electrons. The number of fused-ring (bicyclic) bond motifs is 1. The van der Waals surface area contributed by atoms with Crippen molar-refractivity contribution in [2.75, 3.05) is 26.3 Å². The van der Waals surface area contributed by atoms with Crippen molar-refractivity contribution in [3.05, 3.63) is 23.9 Å². The minimum atomic E-state index is -0.0912. The number of aromatic nitrogens is 1. The van der Waals surface area contributed by atoms with Crippen molar-refractivity contribution >= 4 is 11.8 Å². The number of carbonyl (C=O) groups excluding carboxylic acids is 2. The number of hydrogen-bond acceptors (Lipinski definition) is 5. The molecule has 3 heterocycles. The van der Waals surface area contributed by atoms with Gasteiger partial charge < -0.3 is 19.7 Å². The Kier molecular flexibility index (Phi) is 4.76. The van der Waals surface area contributed by atoms with Crippen LogP contribution in [0.1, 0.15) is 30.1 Å². The van der Waals surface area contributed by atoms with E-state index < -0.39 is 0 Å². The predicted octanol–water partition coefficient (Wildman–Crippen LogP) is 0.600. The average Bonchev–Trinajstić information content (AvgIpc) is 2.77. The maximum Gasteiger partial charge on any atom is 0.259 e. The van der Waals surface area contributed by atoms with Crippen LogP contribution < -0.4 is 10.1 Å². The summed E-state index contributed by atoms with van der Waals surface area (Å²) < 4.78 is 11.0. The number of nitrogens with zero attached hydrogens (tertiary/aromatic N) is 2. The first-order valence-corrected chi connectivity index (χ1v) is 7.97. The molecule has 7 heteroatoms. The van der Waals surface area contributed by atoms with Gasteiger partial charge in [-0.2, -0.15) is 0 Å². The molecule has 2 aliphatic heterocycles. The van der Waals surface area contributed by atoms with Crippen LogP contribution in [0.25, 0.3) is 0 Å². The number of carbonyl (C=O) groups is 2. The summed E-state index contributed by atoms with van der Waals surface area (Å²) in [6, 6.07) is 3.45. The van der Waals surface area contributed by atoms with Gasteiger partial charge in [0.15, 0.2) is 0 Å². The van der Waals surface area contributed by atoms with E-state index in [1.807, 2.05) is 6.92 Å². The molecule has 0 unspecified atom stereocenters. The molecule has 2 atom stereocenters. The number of pyridine rings is 1. The summed E-state index contributed by atoms with van der Waals surface area (Å²) in [6.07, 6.45) is 2.99. The van der Waals surface area contributed by atoms with E-state index >= 15 is 0 Å². The van der Waals surface area contributed by atoms with Gasteiger partial charge in [0.05, 0.1) is 18.8 Å². The Balaban J connectivity index is 1.72. The zero-order chi connectivity index (χ0) is 16.2. The van der Waals surface area contributed by atoms with E-state index in [2.05, 4.69) is 10.3 Å². The minimum absolute atomic E-state index is 0.0192. The molecule has 7 nitrogen and oxygen atoms in total. The first kappa shape index (κ1) is 15.7. The van der Waals surface area contributed by atoms with Gasteiger partial charge in [-0.1, -0.05) is 0 Å². The average molecular weight is 319 g/mol. The van der Waals surface area contributed by atoms with Crippen molar-refractivity contribution in [2.45, 2.75) is 31.9 Å². The topological polar surface area (TPSA) is 80.8 Å². The van der Waals surface area contributed by atoms with Crippen LogP contribution in [-0.2, 0) is 9.53 Å². The number of hydrogen-bond donors (Lipinski definition) is 1. The maximum atomic E-state index is 12.8. The fourth-order valence-electron chi connectivity index (χ4n) is 3.05. The van der Waals surface area contributed by atoms with E-state index in [0.717, 1.165) is 0 Å². The molecule has 2 aliphatic rings. The van der Waals surface area contributed by atoms with E-state index in [1.54, 1.807) is 23.2 Å². The second kappa shape index (κ2) is 6.95. The first-order valence-electron chi connectivity index (χ1n) is 7.97. The zero-order valence-electron chi connectivity index (χ0n) is 13.2. The third kappa shape index (κ3) is 3.44. The van der Waals surface area contributed by atoms with Crippen molar-refractivity contribution in [2.24, 2.45) is 0 Å². The number of morpholine rings is 1. The Morgan fingerprint density at radius 2 is 2.30 bits per heavy atom. The quantitative estimate of drug-likeness (QED) is 0.882. The molecular weight excluding hydrogens is 298 g/mol. The molecular formula is C16H21N3O4. The van der Waals surface area contributed by atoms with E-state index in [4.69, 9.17) is 9.47 Å². The molecule has 0 spiro atoms. The summed E-state index contributed by atoms with van der Waals surface area (Å²) in [7, 11) is 0. The first-order chi connectivity index (χ1) is 11.2. The molecule has 0 bridgehead atoms. The normalized spacial score (nSPS) is 24.4. The molecule has 0 aromatic carbocycles. The SMILES string of the molecule is CCOc1ncccc1C(=O)N1CC[C@@H]2NC(=O)CO[C@H]2CC1. The van der Waals surface area contributed by atoms with Crippen LogP contribution in [0.3, 0.4) is 0 Å². The van der Waals surface area contributed by atoms with Gasteiger partial charge in [-0.3, -0.25) is 9.59 Å². The van der Waals surface area contributed by atoms with Crippen molar-refractivity contribution < 1.29 is 19.1 Å². The van der Waals surface area contributed by atoms with Gasteiger partial charge in [0, 0.05) is 19.3 Å². The monoisotopic (exact) mass is 319 g/mol. The summed E-state index contributed by atoms with van der Waals surface area (Å²) >= 11 is 0. The van der Waals surface area contributed by atoms with Crippen molar-refractivity contribution in [3.8, 4) is 5.88 Å². The fraction of sp³-hybridized carbons (Fsp3) is 0.562. The molecule has 2 amide bonds. The van der Waals surface area contributed by atoms with Gasteiger partial charge in [-0.05, 0) is 31.9 Å². The van der Waals surface area contributed by atoms with E-state index in [0.29, 0.717) is 44.0 Å². The highest BCUT2D eigenvalue weighted by Crippen LogP contribution is 2.22. The molecule has 1 N–H and O–H groups in total. The van der Waals surface area contributed by atoms with Crippen molar-refractivity contribution in [1.29, 1.82) is 0 Å². The lowest BCUT2D eigenvalue weighted by atomic mass is 10.0. The van der Waals surface area contributed by atoms with Crippen LogP contribution >= 0.6 is 0 Å². The van der Waals surface area contributed by atoms with Gasteiger partial charge in [0.1, 0.15) is 12.2 Å². The van der Waals surface area contributed by atoms with Gasteiger partial charge in [0.25, 0.3) is 5.91 Å². The van der Waals surface area contributed by atoms with Crippen molar-refractivity contribution in [3.63, 3.8) is 0 Å². The van der Waals surface area contributed by atoms with Gasteiger partial charge in [-0.25, -0.2) is 4.98 Å². The zero-order valence-corrected chi connectivity index (χ0v) is 13.2. The van der Waals surface area contributed by atoms with Gasteiger partial charge in [0.2, 0.25) is 11.8 Å². The number of ether oxygens (including phenoxy) is 2. The highest BCUT2D eigenvalue weighted by Gasteiger charge is 2.34. The third-order valence-electron chi connectivity index (χ3n) is 4.19.